The Kier molecular flexibility index (Phi) is 4.09. The minimum atomic E-state index is 0.191. The van der Waals surface area contributed by atoms with Gasteiger partial charge < -0.3 is 15.6 Å². The first-order valence-corrected chi connectivity index (χ1v) is 6.46. The molecule has 0 amide bonds. The van der Waals surface area contributed by atoms with Crippen LogP contribution in [-0.4, -0.2) is 36.8 Å². The average Bonchev–Trinajstić information content (AvgIpc) is 2.87. The summed E-state index contributed by atoms with van der Waals surface area (Å²) in [6, 6.07) is 5.58. The van der Waals surface area contributed by atoms with Crippen molar-refractivity contribution in [2.75, 3.05) is 26.7 Å². The number of ether oxygens (including phenoxy) is 1. The number of aromatic hydroxyl groups is 1. The van der Waals surface area contributed by atoms with Gasteiger partial charge in [0.2, 0.25) is 0 Å². The predicted octanol–water partition coefficient (Wildman–Crippen LogP) is 1.74. The molecule has 1 fully saturated rings. The van der Waals surface area contributed by atoms with Crippen LogP contribution in [0.15, 0.2) is 18.2 Å². The highest BCUT2D eigenvalue weighted by atomic mass is 16.5. The highest BCUT2D eigenvalue weighted by molar-refractivity contribution is 5.41. The topological polar surface area (TPSA) is 58.7 Å². The molecule has 3 N–H and O–H groups in total. The van der Waals surface area contributed by atoms with Crippen LogP contribution < -0.4 is 10.5 Å². The van der Waals surface area contributed by atoms with E-state index >= 15 is 0 Å². The first-order chi connectivity index (χ1) is 8.65. The zero-order chi connectivity index (χ0) is 13.1. The van der Waals surface area contributed by atoms with Crippen molar-refractivity contribution in [3.63, 3.8) is 0 Å². The summed E-state index contributed by atoms with van der Waals surface area (Å²) in [7, 11) is 1.64. The van der Waals surface area contributed by atoms with Gasteiger partial charge in [-0.15, -0.1) is 0 Å². The maximum Gasteiger partial charge on any atom is 0.120 e. The highest BCUT2D eigenvalue weighted by Crippen LogP contribution is 2.34. The van der Waals surface area contributed by atoms with Crippen LogP contribution in [0, 0.1) is 5.92 Å². The molecule has 0 saturated carbocycles. The third kappa shape index (κ3) is 2.60. The van der Waals surface area contributed by atoms with E-state index in [1.165, 1.54) is 0 Å². The Morgan fingerprint density at radius 3 is 2.94 bits per heavy atom. The van der Waals surface area contributed by atoms with Crippen LogP contribution in [0.3, 0.4) is 0 Å². The molecule has 1 aromatic carbocycles. The molecule has 0 spiro atoms. The number of rotatable bonds is 4. The molecule has 1 aliphatic heterocycles. The van der Waals surface area contributed by atoms with Gasteiger partial charge in [-0.05, 0) is 50.6 Å². The number of likely N-dealkylation sites (tertiary alicyclic amines) is 1. The van der Waals surface area contributed by atoms with Gasteiger partial charge in [-0.25, -0.2) is 0 Å². The Morgan fingerprint density at radius 2 is 2.33 bits per heavy atom. The van der Waals surface area contributed by atoms with E-state index < -0.39 is 0 Å². The fourth-order valence-electron chi connectivity index (χ4n) is 2.60. The lowest BCUT2D eigenvalue weighted by Crippen LogP contribution is -2.26. The number of nitrogens with two attached hydrogens (primary N) is 1. The molecule has 2 unspecified atom stereocenters. The SMILES string of the molecule is COc1ccc(O)c(C(C)N2CCC(CN)C2)c1. The normalized spacial score (nSPS) is 22.1. The molecule has 0 aromatic heterocycles. The number of hydrogen-bond donors (Lipinski definition) is 2. The minimum Gasteiger partial charge on any atom is -0.508 e. The standard InChI is InChI=1S/C14H22N2O2/c1-10(16-6-5-11(8-15)9-16)13-7-12(18-2)3-4-14(13)17/h3-4,7,10-11,17H,5-6,8-9,15H2,1-2H3. The number of phenolic OH excluding ortho intramolecular Hbond substituents is 1. The quantitative estimate of drug-likeness (QED) is 0.854. The summed E-state index contributed by atoms with van der Waals surface area (Å²) in [5, 5.41) is 9.98. The fourth-order valence-corrected chi connectivity index (χ4v) is 2.60. The molecule has 1 heterocycles. The summed E-state index contributed by atoms with van der Waals surface area (Å²) >= 11 is 0. The molecule has 0 bridgehead atoms. The van der Waals surface area contributed by atoms with Gasteiger partial charge >= 0.3 is 0 Å². The molecule has 2 atom stereocenters. The van der Waals surface area contributed by atoms with Crippen molar-refractivity contribution in [2.45, 2.75) is 19.4 Å². The van der Waals surface area contributed by atoms with E-state index in [9.17, 15) is 5.11 Å². The Bertz CT molecular complexity index is 409. The predicted molar refractivity (Wildman–Crippen MR) is 71.8 cm³/mol. The number of hydrogen-bond acceptors (Lipinski definition) is 4. The van der Waals surface area contributed by atoms with Crippen molar-refractivity contribution in [3.05, 3.63) is 23.8 Å². The number of phenols is 1. The van der Waals surface area contributed by atoms with Crippen LogP contribution >= 0.6 is 0 Å². The summed E-state index contributed by atoms with van der Waals surface area (Å²) in [6.45, 7) is 4.91. The van der Waals surface area contributed by atoms with Crippen molar-refractivity contribution in [2.24, 2.45) is 11.7 Å². The zero-order valence-electron chi connectivity index (χ0n) is 11.1. The molecular formula is C14H22N2O2. The molecule has 4 heteroatoms. The molecule has 18 heavy (non-hydrogen) atoms. The molecule has 100 valence electrons. The van der Waals surface area contributed by atoms with Gasteiger partial charge in [-0.2, -0.15) is 0 Å². The molecule has 2 rings (SSSR count). The fraction of sp³-hybridized carbons (Fsp3) is 0.571. The van der Waals surface area contributed by atoms with Crippen molar-refractivity contribution in [1.29, 1.82) is 0 Å². The van der Waals surface area contributed by atoms with Crippen molar-refractivity contribution in [1.82, 2.24) is 4.90 Å². The first kappa shape index (κ1) is 13.2. The van der Waals surface area contributed by atoms with Gasteiger partial charge in [0.15, 0.2) is 0 Å². The van der Waals surface area contributed by atoms with Crippen molar-refractivity contribution in [3.8, 4) is 11.5 Å². The Morgan fingerprint density at radius 1 is 1.56 bits per heavy atom. The second-order valence-corrected chi connectivity index (χ2v) is 4.99. The molecule has 0 aliphatic carbocycles. The van der Waals surface area contributed by atoms with E-state index in [4.69, 9.17) is 10.5 Å². The van der Waals surface area contributed by atoms with E-state index in [-0.39, 0.29) is 6.04 Å². The number of methoxy groups -OCH3 is 1. The lowest BCUT2D eigenvalue weighted by atomic mass is 10.1. The van der Waals surface area contributed by atoms with Gasteiger partial charge in [-0.3, -0.25) is 4.90 Å². The van der Waals surface area contributed by atoms with Gasteiger partial charge in [0.1, 0.15) is 11.5 Å². The van der Waals surface area contributed by atoms with Gasteiger partial charge in [-0.1, -0.05) is 0 Å². The second kappa shape index (κ2) is 5.59. The van der Waals surface area contributed by atoms with Crippen LogP contribution in [0.25, 0.3) is 0 Å². The Labute approximate surface area is 108 Å². The van der Waals surface area contributed by atoms with E-state index in [2.05, 4.69) is 11.8 Å². The third-order valence-corrected chi connectivity index (χ3v) is 3.88. The third-order valence-electron chi connectivity index (χ3n) is 3.88. The maximum absolute atomic E-state index is 9.98. The average molecular weight is 250 g/mol. The van der Waals surface area contributed by atoms with E-state index in [1.54, 1.807) is 19.2 Å². The summed E-state index contributed by atoms with van der Waals surface area (Å²) in [4.78, 5) is 2.37. The monoisotopic (exact) mass is 250 g/mol. The van der Waals surface area contributed by atoms with Crippen LogP contribution in [0.2, 0.25) is 0 Å². The van der Waals surface area contributed by atoms with Crippen molar-refractivity contribution >= 4 is 0 Å². The second-order valence-electron chi connectivity index (χ2n) is 4.99. The molecule has 4 nitrogen and oxygen atoms in total. The van der Waals surface area contributed by atoms with E-state index in [0.717, 1.165) is 37.4 Å². The Balaban J connectivity index is 2.15. The molecule has 0 radical (unpaired) electrons. The van der Waals surface area contributed by atoms with Crippen LogP contribution in [0.4, 0.5) is 0 Å². The van der Waals surface area contributed by atoms with Crippen molar-refractivity contribution < 1.29 is 9.84 Å². The van der Waals surface area contributed by atoms with Crippen LogP contribution in [-0.2, 0) is 0 Å². The largest absolute Gasteiger partial charge is 0.508 e. The summed E-state index contributed by atoms with van der Waals surface area (Å²) in [5.41, 5.74) is 6.64. The number of benzene rings is 1. The summed E-state index contributed by atoms with van der Waals surface area (Å²) in [5.74, 6) is 1.70. The maximum atomic E-state index is 9.98. The molecule has 1 aromatic rings. The minimum absolute atomic E-state index is 0.191. The summed E-state index contributed by atoms with van der Waals surface area (Å²) in [6.07, 6.45) is 1.14. The van der Waals surface area contributed by atoms with Gasteiger partial charge in [0.05, 0.1) is 7.11 Å². The van der Waals surface area contributed by atoms with Gasteiger partial charge in [0.25, 0.3) is 0 Å². The molecule has 1 saturated heterocycles. The smallest absolute Gasteiger partial charge is 0.120 e. The van der Waals surface area contributed by atoms with Crippen LogP contribution in [0.5, 0.6) is 11.5 Å². The molecule has 1 aliphatic rings. The van der Waals surface area contributed by atoms with E-state index in [0.29, 0.717) is 11.7 Å². The highest BCUT2D eigenvalue weighted by Gasteiger charge is 2.27. The van der Waals surface area contributed by atoms with E-state index in [1.807, 2.05) is 6.07 Å². The van der Waals surface area contributed by atoms with Gasteiger partial charge in [0, 0.05) is 18.2 Å². The molecular weight excluding hydrogens is 228 g/mol. The number of nitrogens with zero attached hydrogens (tertiary/aromatic N) is 1. The lowest BCUT2D eigenvalue weighted by molar-refractivity contribution is 0.248. The summed E-state index contributed by atoms with van der Waals surface area (Å²) < 4.78 is 5.22. The zero-order valence-corrected chi connectivity index (χ0v) is 11.1. The Hall–Kier alpha value is -1.26. The lowest BCUT2D eigenvalue weighted by Gasteiger charge is -2.25. The first-order valence-electron chi connectivity index (χ1n) is 6.46. The van der Waals surface area contributed by atoms with Crippen LogP contribution in [0.1, 0.15) is 24.9 Å².